The van der Waals surface area contributed by atoms with Crippen molar-refractivity contribution in [3.63, 3.8) is 0 Å². The predicted molar refractivity (Wildman–Crippen MR) is 60.0 cm³/mol. The minimum atomic E-state index is -3.43. The van der Waals surface area contributed by atoms with Gasteiger partial charge in [-0.05, 0) is 22.0 Å². The van der Waals surface area contributed by atoms with Crippen LogP contribution in [0.15, 0.2) is 22.9 Å². The zero-order chi connectivity index (χ0) is 10.8. The Hall–Kier alpha value is -0.330. The molecular formula is C7H8BrClN2O2S. The van der Waals surface area contributed by atoms with E-state index in [0.29, 0.717) is 10.2 Å². The number of rotatable bonds is 3. The molecule has 4 nitrogen and oxygen atoms in total. The number of pyridine rings is 1. The highest BCUT2D eigenvalue weighted by atomic mass is 79.9. The summed E-state index contributed by atoms with van der Waals surface area (Å²) in [5, 5.41) is -0.448. The molecule has 0 saturated heterocycles. The number of alkyl halides is 1. The van der Waals surface area contributed by atoms with Crippen molar-refractivity contribution in [2.45, 2.75) is 0 Å². The predicted octanol–water partition coefficient (Wildman–Crippen LogP) is 1.81. The molecule has 0 aromatic carbocycles. The summed E-state index contributed by atoms with van der Waals surface area (Å²) in [7, 11) is -2.00. The van der Waals surface area contributed by atoms with E-state index in [1.54, 1.807) is 12.3 Å². The molecular weight excluding hydrogens is 292 g/mol. The van der Waals surface area contributed by atoms with Crippen molar-refractivity contribution in [3.05, 3.63) is 22.9 Å². The molecule has 14 heavy (non-hydrogen) atoms. The zero-order valence-corrected chi connectivity index (χ0v) is 10.5. The van der Waals surface area contributed by atoms with E-state index in [-0.39, 0.29) is 0 Å². The smallest absolute Gasteiger partial charge is 0.249 e. The Kier molecular flexibility index (Phi) is 3.74. The van der Waals surface area contributed by atoms with Crippen molar-refractivity contribution in [2.24, 2.45) is 0 Å². The fraction of sp³-hybridized carbons (Fsp3) is 0.286. The number of hydrogen-bond donors (Lipinski definition) is 0. The summed E-state index contributed by atoms with van der Waals surface area (Å²) in [6.45, 7) is 0. The highest BCUT2D eigenvalue weighted by molar-refractivity contribution is 9.10. The molecule has 0 amide bonds. The SMILES string of the molecule is CN(c1cncc(Br)c1)S(=O)(=O)CCl. The molecule has 1 rings (SSSR count). The molecule has 0 spiro atoms. The summed E-state index contributed by atoms with van der Waals surface area (Å²) < 4.78 is 24.5. The molecule has 0 aliphatic rings. The summed E-state index contributed by atoms with van der Waals surface area (Å²) in [5.74, 6) is 0. The lowest BCUT2D eigenvalue weighted by Gasteiger charge is -2.17. The quantitative estimate of drug-likeness (QED) is 0.800. The summed E-state index contributed by atoms with van der Waals surface area (Å²) in [6.07, 6.45) is 3.03. The van der Waals surface area contributed by atoms with Crippen molar-refractivity contribution >= 4 is 43.2 Å². The maximum absolute atomic E-state index is 11.4. The van der Waals surface area contributed by atoms with Gasteiger partial charge >= 0.3 is 0 Å². The fourth-order valence-electron chi connectivity index (χ4n) is 0.807. The van der Waals surface area contributed by atoms with Gasteiger partial charge in [0.2, 0.25) is 10.0 Å². The van der Waals surface area contributed by atoms with E-state index in [1.165, 1.54) is 13.2 Å². The molecule has 78 valence electrons. The second-order valence-corrected chi connectivity index (χ2v) is 6.05. The van der Waals surface area contributed by atoms with Crippen molar-refractivity contribution in [1.29, 1.82) is 0 Å². The maximum Gasteiger partial charge on any atom is 0.249 e. The number of sulfonamides is 1. The Morgan fingerprint density at radius 2 is 2.21 bits per heavy atom. The van der Waals surface area contributed by atoms with Crippen LogP contribution in [0.3, 0.4) is 0 Å². The molecule has 0 fully saturated rings. The van der Waals surface area contributed by atoms with Crippen LogP contribution in [0.5, 0.6) is 0 Å². The Morgan fingerprint density at radius 1 is 1.57 bits per heavy atom. The average Bonchev–Trinajstić information content (AvgIpc) is 2.16. The lowest BCUT2D eigenvalue weighted by Crippen LogP contribution is -2.27. The lowest BCUT2D eigenvalue weighted by atomic mass is 10.4. The van der Waals surface area contributed by atoms with Gasteiger partial charge < -0.3 is 0 Å². The highest BCUT2D eigenvalue weighted by Gasteiger charge is 2.16. The molecule has 0 radical (unpaired) electrons. The van der Waals surface area contributed by atoms with E-state index in [4.69, 9.17) is 11.6 Å². The van der Waals surface area contributed by atoms with Gasteiger partial charge in [0.05, 0.1) is 11.9 Å². The van der Waals surface area contributed by atoms with Crippen molar-refractivity contribution < 1.29 is 8.42 Å². The van der Waals surface area contributed by atoms with Crippen molar-refractivity contribution in [1.82, 2.24) is 4.98 Å². The van der Waals surface area contributed by atoms with Gasteiger partial charge in [-0.25, -0.2) is 8.42 Å². The first-order valence-corrected chi connectivity index (χ1v) is 6.54. The van der Waals surface area contributed by atoms with Gasteiger partial charge in [-0.2, -0.15) is 0 Å². The molecule has 0 bridgehead atoms. The first-order valence-electron chi connectivity index (χ1n) is 3.60. The highest BCUT2D eigenvalue weighted by Crippen LogP contribution is 2.19. The zero-order valence-electron chi connectivity index (χ0n) is 7.31. The topological polar surface area (TPSA) is 50.3 Å². The van der Waals surface area contributed by atoms with Crippen LogP contribution in [0, 0.1) is 0 Å². The Labute approximate surface area is 96.1 Å². The number of halogens is 2. The van der Waals surface area contributed by atoms with Crippen LogP contribution in [-0.2, 0) is 10.0 Å². The van der Waals surface area contributed by atoms with Crippen LogP contribution in [-0.4, -0.2) is 25.7 Å². The largest absolute Gasteiger partial charge is 0.271 e. The first kappa shape index (κ1) is 11.7. The van der Waals surface area contributed by atoms with Gasteiger partial charge in [0.15, 0.2) is 0 Å². The van der Waals surface area contributed by atoms with Crippen LogP contribution in [0.4, 0.5) is 5.69 Å². The van der Waals surface area contributed by atoms with Crippen LogP contribution in [0.1, 0.15) is 0 Å². The van der Waals surface area contributed by atoms with Gasteiger partial charge in [-0.15, -0.1) is 11.6 Å². The van der Waals surface area contributed by atoms with Gasteiger partial charge in [-0.1, -0.05) is 0 Å². The molecule has 0 saturated carbocycles. The number of nitrogens with zero attached hydrogens (tertiary/aromatic N) is 2. The minimum absolute atomic E-state index is 0.448. The van der Waals surface area contributed by atoms with Crippen molar-refractivity contribution in [2.75, 3.05) is 16.6 Å². The third-order valence-electron chi connectivity index (χ3n) is 1.61. The Balaban J connectivity index is 3.07. The van der Waals surface area contributed by atoms with E-state index >= 15 is 0 Å². The van der Waals surface area contributed by atoms with E-state index < -0.39 is 15.2 Å². The standard InChI is InChI=1S/C7H8BrClN2O2S/c1-11(14(12,13)5-9)7-2-6(8)3-10-4-7/h2-4H,5H2,1H3. The lowest BCUT2D eigenvalue weighted by molar-refractivity contribution is 0.599. The minimum Gasteiger partial charge on any atom is -0.271 e. The van der Waals surface area contributed by atoms with E-state index in [0.717, 1.165) is 4.31 Å². The van der Waals surface area contributed by atoms with E-state index in [1.807, 2.05) is 0 Å². The molecule has 0 unspecified atom stereocenters. The monoisotopic (exact) mass is 298 g/mol. The third kappa shape index (κ3) is 2.59. The summed E-state index contributed by atoms with van der Waals surface area (Å²) in [5.41, 5.74) is 0.472. The fourth-order valence-corrected chi connectivity index (χ4v) is 2.17. The van der Waals surface area contributed by atoms with Crippen molar-refractivity contribution in [3.8, 4) is 0 Å². The molecule has 1 heterocycles. The second-order valence-electron chi connectivity index (χ2n) is 2.55. The molecule has 7 heteroatoms. The Bertz CT molecular complexity index is 423. The Morgan fingerprint density at radius 3 is 2.71 bits per heavy atom. The van der Waals surface area contributed by atoms with E-state index in [9.17, 15) is 8.42 Å². The number of aromatic nitrogens is 1. The summed E-state index contributed by atoms with van der Waals surface area (Å²) in [4.78, 5) is 3.86. The number of hydrogen-bond acceptors (Lipinski definition) is 3. The average molecular weight is 300 g/mol. The van der Waals surface area contributed by atoms with Crippen LogP contribution < -0.4 is 4.31 Å². The van der Waals surface area contributed by atoms with Gasteiger partial charge in [0.1, 0.15) is 5.21 Å². The molecule has 0 aliphatic carbocycles. The van der Waals surface area contributed by atoms with E-state index in [2.05, 4.69) is 20.9 Å². The maximum atomic E-state index is 11.4. The first-order chi connectivity index (χ1) is 6.47. The summed E-state index contributed by atoms with van der Waals surface area (Å²) in [6, 6.07) is 1.65. The molecule has 0 N–H and O–H groups in total. The van der Waals surface area contributed by atoms with Gasteiger partial charge in [0.25, 0.3) is 0 Å². The second kappa shape index (κ2) is 4.46. The van der Waals surface area contributed by atoms with Gasteiger partial charge in [-0.3, -0.25) is 9.29 Å². The number of anilines is 1. The normalized spacial score (nSPS) is 11.4. The third-order valence-corrected chi connectivity index (χ3v) is 4.19. The van der Waals surface area contributed by atoms with Crippen LogP contribution in [0.25, 0.3) is 0 Å². The van der Waals surface area contributed by atoms with Crippen LogP contribution in [0.2, 0.25) is 0 Å². The molecule has 1 aromatic heterocycles. The molecule has 1 aromatic rings. The molecule has 0 aliphatic heterocycles. The summed E-state index contributed by atoms with van der Waals surface area (Å²) >= 11 is 8.52. The van der Waals surface area contributed by atoms with Gasteiger partial charge in [0, 0.05) is 17.7 Å². The molecule has 0 atom stereocenters. The van der Waals surface area contributed by atoms with Crippen LogP contribution >= 0.6 is 27.5 Å².